The number of anilines is 1. The van der Waals surface area contributed by atoms with Crippen molar-refractivity contribution in [3.63, 3.8) is 0 Å². The summed E-state index contributed by atoms with van der Waals surface area (Å²) in [6.07, 6.45) is 13.7. The van der Waals surface area contributed by atoms with Crippen LogP contribution in [0.3, 0.4) is 0 Å². The molecule has 228 valence electrons. The average Bonchev–Trinajstić information content (AvgIpc) is 2.92. The molecular weight excluding hydrogens is 537 g/mol. The lowest BCUT2D eigenvalue weighted by Gasteiger charge is -2.42. The van der Waals surface area contributed by atoms with E-state index in [9.17, 15) is 4.21 Å². The lowest BCUT2D eigenvalue weighted by Crippen LogP contribution is -2.38. The predicted octanol–water partition coefficient (Wildman–Crippen LogP) is 10.6. The minimum absolute atomic E-state index is 0.0653. The summed E-state index contributed by atoms with van der Waals surface area (Å²) in [5.41, 5.74) is 8.46. The molecule has 2 aromatic rings. The molecule has 0 aliphatic heterocycles. The molecule has 4 heteroatoms. The molecule has 0 bridgehead atoms. The Morgan fingerprint density at radius 2 is 1.17 bits per heavy atom. The van der Waals surface area contributed by atoms with Crippen LogP contribution in [0.25, 0.3) is 11.1 Å². The zero-order valence-corrected chi connectivity index (χ0v) is 29.6. The van der Waals surface area contributed by atoms with Crippen LogP contribution in [0.15, 0.2) is 36.4 Å². The van der Waals surface area contributed by atoms with Gasteiger partial charge in [-0.1, -0.05) is 118 Å². The smallest absolute Gasteiger partial charge is 0.125 e. The van der Waals surface area contributed by atoms with Gasteiger partial charge in [-0.15, -0.1) is 0 Å². The van der Waals surface area contributed by atoms with Crippen LogP contribution >= 0.6 is 7.92 Å². The largest absolute Gasteiger partial charge is 0.294 e. The Kier molecular flexibility index (Phi) is 10.2. The van der Waals surface area contributed by atoms with E-state index in [0.717, 1.165) is 11.3 Å². The third-order valence-corrected chi connectivity index (χ3v) is 14.6. The number of hydrogen-bond donors (Lipinski definition) is 0. The lowest BCUT2D eigenvalue weighted by molar-refractivity contribution is 0.487. The molecule has 41 heavy (non-hydrogen) atoms. The van der Waals surface area contributed by atoms with Crippen LogP contribution in [0, 0.1) is 0 Å². The second-order valence-corrected chi connectivity index (χ2v) is 20.8. The van der Waals surface area contributed by atoms with Crippen molar-refractivity contribution in [2.75, 3.05) is 11.4 Å². The fraction of sp³-hybridized carbons (Fsp3) is 0.676. The van der Waals surface area contributed by atoms with E-state index in [4.69, 9.17) is 0 Å². The van der Waals surface area contributed by atoms with E-state index in [0.29, 0.717) is 0 Å². The van der Waals surface area contributed by atoms with Crippen molar-refractivity contribution in [3.8, 4) is 11.1 Å². The Hall–Kier alpha value is -1.18. The number of nitrogens with zero attached hydrogens (tertiary/aromatic N) is 1. The summed E-state index contributed by atoms with van der Waals surface area (Å²) in [6.45, 7) is 20.4. The molecule has 2 aliphatic rings. The molecule has 0 heterocycles. The van der Waals surface area contributed by atoms with Crippen molar-refractivity contribution in [2.24, 2.45) is 0 Å². The zero-order chi connectivity index (χ0) is 30.2. The van der Waals surface area contributed by atoms with Gasteiger partial charge < -0.3 is 0 Å². The summed E-state index contributed by atoms with van der Waals surface area (Å²) >= 11 is 0. The molecule has 0 unspecified atom stereocenters. The fourth-order valence-electron chi connectivity index (χ4n) is 6.82. The molecule has 0 amide bonds. The summed E-state index contributed by atoms with van der Waals surface area (Å²) in [5.74, 6) is 0. The van der Waals surface area contributed by atoms with Gasteiger partial charge in [-0.2, -0.15) is 0 Å². The van der Waals surface area contributed by atoms with Gasteiger partial charge in [-0.3, -0.25) is 4.31 Å². The normalized spacial score (nSPS) is 19.0. The molecule has 2 aliphatic carbocycles. The summed E-state index contributed by atoms with van der Waals surface area (Å²) in [4.78, 5) is 0. The van der Waals surface area contributed by atoms with E-state index in [2.05, 4.69) is 110 Å². The van der Waals surface area contributed by atoms with Crippen LogP contribution in [-0.4, -0.2) is 27.3 Å². The standard InChI is InChI=1S/C37H58NOPS/c1-35(2,3)28-24-27(25-29(26-28)36(4,5)6)32-22-17-23-33(38(10)41(39)37(7,8)9)34(32)40(30-18-13-11-14-19-30)31-20-15-12-16-21-31/h17,22-26,30-31H,11-16,18-21H2,1-10H3/t41-/m1/s1. The fourth-order valence-corrected chi connectivity index (χ4v) is 12.2. The Morgan fingerprint density at radius 1 is 0.707 bits per heavy atom. The van der Waals surface area contributed by atoms with Gasteiger partial charge in [0.05, 0.1) is 10.4 Å². The molecule has 0 N–H and O–H groups in total. The Morgan fingerprint density at radius 3 is 1.59 bits per heavy atom. The van der Waals surface area contributed by atoms with Crippen LogP contribution in [-0.2, 0) is 21.8 Å². The van der Waals surface area contributed by atoms with Gasteiger partial charge in [0.15, 0.2) is 0 Å². The van der Waals surface area contributed by atoms with Crippen LogP contribution in [0.4, 0.5) is 5.69 Å². The van der Waals surface area contributed by atoms with E-state index < -0.39 is 18.9 Å². The van der Waals surface area contributed by atoms with E-state index >= 15 is 0 Å². The van der Waals surface area contributed by atoms with Gasteiger partial charge in [-0.25, -0.2) is 4.21 Å². The van der Waals surface area contributed by atoms with Gasteiger partial charge in [0.2, 0.25) is 0 Å². The molecule has 2 aromatic carbocycles. The van der Waals surface area contributed by atoms with Crippen molar-refractivity contribution in [1.29, 1.82) is 0 Å². The Balaban J connectivity index is 2.03. The molecule has 4 rings (SSSR count). The quantitative estimate of drug-likeness (QED) is 0.304. The molecule has 2 fully saturated rings. The van der Waals surface area contributed by atoms with Gasteiger partial charge in [0.25, 0.3) is 0 Å². The first-order chi connectivity index (χ1) is 19.1. The molecule has 0 saturated heterocycles. The van der Waals surface area contributed by atoms with Crippen LogP contribution in [0.5, 0.6) is 0 Å². The molecule has 0 aromatic heterocycles. The first-order valence-corrected chi connectivity index (χ1v) is 18.9. The minimum atomic E-state index is -1.13. The monoisotopic (exact) mass is 595 g/mol. The number of rotatable bonds is 6. The molecule has 2 nitrogen and oxygen atoms in total. The van der Waals surface area contributed by atoms with Crippen molar-refractivity contribution in [2.45, 2.75) is 153 Å². The predicted molar refractivity (Wildman–Crippen MR) is 186 cm³/mol. The summed E-state index contributed by atoms with van der Waals surface area (Å²) in [5, 5.41) is 1.55. The zero-order valence-electron chi connectivity index (χ0n) is 27.9. The molecule has 2 saturated carbocycles. The van der Waals surface area contributed by atoms with Crippen LogP contribution in [0.1, 0.15) is 138 Å². The minimum Gasteiger partial charge on any atom is -0.294 e. The molecule has 1 atom stereocenters. The SMILES string of the molecule is CN(c1cccc(-c2cc(C(C)(C)C)cc(C(C)(C)C)c2)c1P(C1CCCCC1)C1CCCCC1)[S@](=O)C(C)(C)C. The summed E-state index contributed by atoms with van der Waals surface area (Å²) < 4.78 is 15.8. The van der Waals surface area contributed by atoms with Crippen molar-refractivity contribution in [1.82, 2.24) is 0 Å². The van der Waals surface area contributed by atoms with E-state index in [1.807, 2.05) is 0 Å². The van der Waals surface area contributed by atoms with E-state index in [1.54, 1.807) is 5.30 Å². The second kappa shape index (κ2) is 12.8. The van der Waals surface area contributed by atoms with E-state index in [-0.39, 0.29) is 15.6 Å². The lowest BCUT2D eigenvalue weighted by atomic mass is 9.79. The van der Waals surface area contributed by atoms with Gasteiger partial charge in [0.1, 0.15) is 11.0 Å². The Bertz CT molecular complexity index is 1150. The highest BCUT2D eigenvalue weighted by molar-refractivity contribution is 7.87. The molecule has 0 radical (unpaired) electrons. The number of hydrogen-bond acceptors (Lipinski definition) is 1. The Labute approximate surface area is 256 Å². The first kappa shape index (κ1) is 32.7. The summed E-state index contributed by atoms with van der Waals surface area (Å²) in [6, 6.07) is 14.3. The highest BCUT2D eigenvalue weighted by atomic mass is 32.2. The maximum absolute atomic E-state index is 14.0. The van der Waals surface area contributed by atoms with Crippen LogP contribution in [0.2, 0.25) is 0 Å². The third kappa shape index (κ3) is 7.67. The van der Waals surface area contributed by atoms with Crippen molar-refractivity contribution in [3.05, 3.63) is 47.5 Å². The molecule has 0 spiro atoms. The maximum atomic E-state index is 14.0. The van der Waals surface area contributed by atoms with Crippen molar-refractivity contribution < 1.29 is 4.21 Å². The highest BCUT2D eigenvalue weighted by Gasteiger charge is 2.37. The van der Waals surface area contributed by atoms with E-state index in [1.165, 1.54) is 92.1 Å². The van der Waals surface area contributed by atoms with Crippen LogP contribution < -0.4 is 9.61 Å². The van der Waals surface area contributed by atoms with Gasteiger partial charge in [-0.05, 0) is 96.9 Å². The second-order valence-electron chi connectivity index (χ2n) is 15.8. The highest BCUT2D eigenvalue weighted by Crippen LogP contribution is 2.58. The third-order valence-electron chi connectivity index (χ3n) is 9.30. The number of benzene rings is 2. The maximum Gasteiger partial charge on any atom is 0.125 e. The molecular formula is C37H58NOPS. The summed E-state index contributed by atoms with van der Waals surface area (Å²) in [7, 11) is 0.559. The van der Waals surface area contributed by atoms with Gasteiger partial charge in [0, 0.05) is 12.4 Å². The average molecular weight is 596 g/mol. The van der Waals surface area contributed by atoms with Gasteiger partial charge >= 0.3 is 0 Å². The topological polar surface area (TPSA) is 20.3 Å². The van der Waals surface area contributed by atoms with Crippen molar-refractivity contribution >= 4 is 29.9 Å². The first-order valence-electron chi connectivity index (χ1n) is 16.3.